The maximum absolute atomic E-state index is 12.5. The van der Waals surface area contributed by atoms with Crippen molar-refractivity contribution in [2.45, 2.75) is 44.6 Å². The van der Waals surface area contributed by atoms with E-state index in [2.05, 4.69) is 5.32 Å². The first-order valence-electron chi connectivity index (χ1n) is 9.24. The number of hydrogen-bond acceptors (Lipinski definition) is 4. The summed E-state index contributed by atoms with van der Waals surface area (Å²) >= 11 is 0. The van der Waals surface area contributed by atoms with Crippen molar-refractivity contribution in [1.29, 1.82) is 0 Å². The maximum atomic E-state index is 12.5. The van der Waals surface area contributed by atoms with E-state index in [1.807, 2.05) is 39.0 Å². The van der Waals surface area contributed by atoms with Gasteiger partial charge in [0, 0.05) is 13.0 Å². The third-order valence-electron chi connectivity index (χ3n) is 4.96. The minimum atomic E-state index is -3.82. The lowest BCUT2D eigenvalue weighted by Crippen LogP contribution is -2.32. The second-order valence-corrected chi connectivity index (χ2v) is 8.96. The Morgan fingerprint density at radius 1 is 1.14 bits per heavy atom. The van der Waals surface area contributed by atoms with Crippen molar-refractivity contribution < 1.29 is 18.0 Å². The fourth-order valence-corrected chi connectivity index (χ4v) is 5.06. The molecule has 0 saturated heterocycles. The summed E-state index contributed by atoms with van der Waals surface area (Å²) in [6.07, 6.45) is 0.412. The molecule has 3 rings (SSSR count). The third kappa shape index (κ3) is 3.80. The summed E-state index contributed by atoms with van der Waals surface area (Å²) in [5, 5.41) is 2.95. The Balaban J connectivity index is 1.58. The number of carbonyl (C=O) groups is 2. The van der Waals surface area contributed by atoms with E-state index in [0.717, 1.165) is 21.0 Å². The lowest BCUT2D eigenvalue weighted by atomic mass is 10.00. The summed E-state index contributed by atoms with van der Waals surface area (Å²) in [5.74, 6) is -0.699. The lowest BCUT2D eigenvalue weighted by molar-refractivity contribution is -0.121. The first-order valence-corrected chi connectivity index (χ1v) is 10.7. The van der Waals surface area contributed by atoms with Gasteiger partial charge in [-0.3, -0.25) is 9.59 Å². The molecule has 1 atom stereocenters. The average Bonchev–Trinajstić information content (AvgIpc) is 2.84. The number of rotatable bonds is 6. The number of hydrogen-bond donors (Lipinski definition) is 1. The molecule has 0 saturated carbocycles. The predicted octanol–water partition coefficient (Wildman–Crippen LogP) is 3.11. The topological polar surface area (TPSA) is 83.6 Å². The van der Waals surface area contributed by atoms with Gasteiger partial charge in [-0.15, -0.1) is 0 Å². The van der Waals surface area contributed by atoms with Crippen LogP contribution in [0.3, 0.4) is 0 Å². The number of nitrogens with zero attached hydrogens (tertiary/aromatic N) is 1. The van der Waals surface area contributed by atoms with Crippen LogP contribution in [0.1, 0.15) is 52.9 Å². The predicted molar refractivity (Wildman–Crippen MR) is 106 cm³/mol. The van der Waals surface area contributed by atoms with Crippen LogP contribution in [0, 0.1) is 13.8 Å². The fourth-order valence-electron chi connectivity index (χ4n) is 3.45. The molecule has 148 valence electrons. The second-order valence-electron chi connectivity index (χ2n) is 7.13. The number of benzene rings is 2. The van der Waals surface area contributed by atoms with Gasteiger partial charge in [0.1, 0.15) is 4.90 Å². The number of sulfonamides is 1. The Morgan fingerprint density at radius 2 is 1.86 bits per heavy atom. The molecule has 0 aliphatic carbocycles. The van der Waals surface area contributed by atoms with E-state index in [1.165, 1.54) is 12.1 Å². The Kier molecular flexibility index (Phi) is 5.56. The van der Waals surface area contributed by atoms with Gasteiger partial charge < -0.3 is 5.32 Å². The first-order chi connectivity index (χ1) is 13.2. The quantitative estimate of drug-likeness (QED) is 0.808. The molecule has 2 aromatic carbocycles. The number of nitrogens with one attached hydrogen (secondary N) is 1. The van der Waals surface area contributed by atoms with Crippen LogP contribution < -0.4 is 5.32 Å². The Bertz CT molecular complexity index is 1030. The van der Waals surface area contributed by atoms with Crippen LogP contribution >= 0.6 is 0 Å². The molecule has 1 aliphatic heterocycles. The van der Waals surface area contributed by atoms with E-state index in [9.17, 15) is 18.0 Å². The summed E-state index contributed by atoms with van der Waals surface area (Å²) in [6, 6.07) is 12.1. The van der Waals surface area contributed by atoms with Crippen molar-refractivity contribution in [3.63, 3.8) is 0 Å². The summed E-state index contributed by atoms with van der Waals surface area (Å²) in [5.41, 5.74) is 3.47. The van der Waals surface area contributed by atoms with Gasteiger partial charge in [0.15, 0.2) is 0 Å². The first kappa shape index (κ1) is 20.1. The van der Waals surface area contributed by atoms with Crippen molar-refractivity contribution in [3.8, 4) is 0 Å². The van der Waals surface area contributed by atoms with Crippen molar-refractivity contribution in [3.05, 3.63) is 64.7 Å². The van der Waals surface area contributed by atoms with E-state index in [-0.39, 0.29) is 41.8 Å². The molecular weight excluding hydrogens is 376 g/mol. The number of carbonyl (C=O) groups excluding carboxylic acids is 2. The maximum Gasteiger partial charge on any atom is 0.269 e. The SMILES string of the molecule is Cc1ccc(C)c([C@@H](C)NC(=O)CCCN2C(=O)c3ccccc3S2(=O)=O)c1. The third-order valence-corrected chi connectivity index (χ3v) is 6.80. The highest BCUT2D eigenvalue weighted by Crippen LogP contribution is 2.30. The molecule has 2 amide bonds. The average molecular weight is 401 g/mol. The van der Waals surface area contributed by atoms with Crippen molar-refractivity contribution in [1.82, 2.24) is 9.62 Å². The second kappa shape index (κ2) is 7.75. The normalized spacial score (nSPS) is 16.0. The molecule has 0 aromatic heterocycles. The highest BCUT2D eigenvalue weighted by Gasteiger charge is 2.40. The summed E-state index contributed by atoms with van der Waals surface area (Å²) in [4.78, 5) is 24.7. The molecule has 0 unspecified atom stereocenters. The molecule has 0 spiro atoms. The minimum Gasteiger partial charge on any atom is -0.350 e. The lowest BCUT2D eigenvalue weighted by Gasteiger charge is -2.18. The van der Waals surface area contributed by atoms with Crippen molar-refractivity contribution >= 4 is 21.8 Å². The van der Waals surface area contributed by atoms with Crippen molar-refractivity contribution in [2.75, 3.05) is 6.54 Å². The Labute approximate surface area is 165 Å². The highest BCUT2D eigenvalue weighted by molar-refractivity contribution is 7.90. The molecule has 2 aromatic rings. The van der Waals surface area contributed by atoms with Gasteiger partial charge in [0.25, 0.3) is 15.9 Å². The summed E-state index contributed by atoms with van der Waals surface area (Å²) in [6.45, 7) is 5.91. The van der Waals surface area contributed by atoms with Crippen LogP contribution in [-0.4, -0.2) is 31.1 Å². The molecule has 1 aliphatic rings. The zero-order valence-corrected chi connectivity index (χ0v) is 17.0. The van der Waals surface area contributed by atoms with Gasteiger partial charge in [-0.1, -0.05) is 35.9 Å². The fraction of sp³-hybridized carbons (Fsp3) is 0.333. The molecule has 1 heterocycles. The van der Waals surface area contributed by atoms with E-state index >= 15 is 0 Å². The molecule has 0 fully saturated rings. The van der Waals surface area contributed by atoms with Crippen LogP contribution in [0.25, 0.3) is 0 Å². The summed E-state index contributed by atoms with van der Waals surface area (Å²) in [7, 11) is -3.82. The number of aryl methyl sites for hydroxylation is 2. The molecule has 1 N–H and O–H groups in total. The van der Waals surface area contributed by atoms with Crippen LogP contribution in [0.5, 0.6) is 0 Å². The minimum absolute atomic E-state index is 0.0128. The van der Waals surface area contributed by atoms with Crippen LogP contribution in [-0.2, 0) is 14.8 Å². The van der Waals surface area contributed by atoms with E-state index in [0.29, 0.717) is 0 Å². The molecular formula is C21H24N2O4S. The molecule has 0 bridgehead atoms. The van der Waals surface area contributed by atoms with Crippen molar-refractivity contribution in [2.24, 2.45) is 0 Å². The molecule has 0 radical (unpaired) electrons. The van der Waals surface area contributed by atoms with Gasteiger partial charge in [0.2, 0.25) is 5.91 Å². The van der Waals surface area contributed by atoms with E-state index in [4.69, 9.17) is 0 Å². The highest BCUT2D eigenvalue weighted by atomic mass is 32.2. The number of fused-ring (bicyclic) bond motifs is 1. The van der Waals surface area contributed by atoms with Gasteiger partial charge in [-0.25, -0.2) is 12.7 Å². The van der Waals surface area contributed by atoms with Crippen LogP contribution in [0.15, 0.2) is 47.4 Å². The largest absolute Gasteiger partial charge is 0.350 e. The van der Waals surface area contributed by atoms with Crippen LogP contribution in [0.4, 0.5) is 0 Å². The van der Waals surface area contributed by atoms with Gasteiger partial charge in [-0.05, 0) is 50.5 Å². The zero-order chi connectivity index (χ0) is 20.5. The van der Waals surface area contributed by atoms with E-state index in [1.54, 1.807) is 12.1 Å². The zero-order valence-electron chi connectivity index (χ0n) is 16.2. The van der Waals surface area contributed by atoms with Gasteiger partial charge in [-0.2, -0.15) is 0 Å². The standard InChI is InChI=1S/C21H24N2O4S/c1-14-10-11-15(2)18(13-14)16(3)22-20(24)9-6-12-23-21(25)17-7-4-5-8-19(17)28(23,26)27/h4-5,7-8,10-11,13,16H,6,9,12H2,1-3H3,(H,22,24)/t16-/m1/s1. The smallest absolute Gasteiger partial charge is 0.269 e. The van der Waals surface area contributed by atoms with Gasteiger partial charge in [0.05, 0.1) is 11.6 Å². The molecule has 7 heteroatoms. The Hall–Kier alpha value is -2.67. The van der Waals surface area contributed by atoms with E-state index < -0.39 is 15.9 Å². The van der Waals surface area contributed by atoms with Gasteiger partial charge >= 0.3 is 0 Å². The van der Waals surface area contributed by atoms with Crippen LogP contribution in [0.2, 0.25) is 0 Å². The Morgan fingerprint density at radius 3 is 2.57 bits per heavy atom. The number of amides is 2. The monoisotopic (exact) mass is 400 g/mol. The molecule has 28 heavy (non-hydrogen) atoms. The molecule has 6 nitrogen and oxygen atoms in total. The summed E-state index contributed by atoms with van der Waals surface area (Å²) < 4.78 is 25.9.